The number of hydrogen-bond acceptors (Lipinski definition) is 5. The molecule has 1 saturated heterocycles. The lowest BCUT2D eigenvalue weighted by molar-refractivity contribution is -0.0594. The molecular formula is C26H21Cl2N5O3. The predicted molar refractivity (Wildman–Crippen MR) is 138 cm³/mol. The quantitative estimate of drug-likeness (QED) is 0.371. The molecule has 2 amide bonds. The van der Waals surface area contributed by atoms with Gasteiger partial charge in [-0.25, -0.2) is 4.68 Å². The van der Waals surface area contributed by atoms with Crippen LogP contribution in [-0.2, 0) is 4.74 Å². The monoisotopic (exact) mass is 521 g/mol. The molecule has 3 heterocycles. The second-order valence-electron chi connectivity index (χ2n) is 8.65. The lowest BCUT2D eigenvalue weighted by atomic mass is 10.0. The second-order valence-corrected chi connectivity index (χ2v) is 9.47. The van der Waals surface area contributed by atoms with Crippen molar-refractivity contribution < 1.29 is 14.3 Å². The third kappa shape index (κ3) is 4.83. The van der Waals surface area contributed by atoms with Gasteiger partial charge in [0.2, 0.25) is 0 Å². The zero-order valence-corrected chi connectivity index (χ0v) is 20.7. The van der Waals surface area contributed by atoms with Crippen molar-refractivity contribution in [3.05, 3.63) is 94.2 Å². The molecule has 10 heteroatoms. The molecule has 1 fully saturated rings. The molecule has 0 aliphatic carbocycles. The van der Waals surface area contributed by atoms with Crippen LogP contribution in [0.3, 0.4) is 0 Å². The molecule has 4 aromatic rings. The molecule has 1 aliphatic rings. The van der Waals surface area contributed by atoms with Crippen LogP contribution in [-0.4, -0.2) is 45.3 Å². The minimum absolute atomic E-state index is 0.152. The summed E-state index contributed by atoms with van der Waals surface area (Å²) in [7, 11) is 0. The number of rotatable bonds is 6. The lowest BCUT2D eigenvalue weighted by Gasteiger charge is -2.38. The van der Waals surface area contributed by atoms with Gasteiger partial charge >= 0.3 is 0 Å². The Labute approximate surface area is 217 Å². The highest BCUT2D eigenvalue weighted by atomic mass is 35.5. The summed E-state index contributed by atoms with van der Waals surface area (Å²) in [6.07, 6.45) is 1.64. The first-order chi connectivity index (χ1) is 17.3. The van der Waals surface area contributed by atoms with Gasteiger partial charge in [0.15, 0.2) is 5.69 Å². The molecule has 0 radical (unpaired) electrons. The highest BCUT2D eigenvalue weighted by molar-refractivity contribution is 6.38. The van der Waals surface area contributed by atoms with E-state index in [1.807, 2.05) is 43.3 Å². The van der Waals surface area contributed by atoms with Crippen LogP contribution in [0.5, 0.6) is 0 Å². The van der Waals surface area contributed by atoms with Gasteiger partial charge < -0.3 is 15.4 Å². The fourth-order valence-electron chi connectivity index (χ4n) is 3.79. The van der Waals surface area contributed by atoms with E-state index in [-0.39, 0.29) is 22.2 Å². The minimum Gasteiger partial charge on any atom is -0.376 e. The van der Waals surface area contributed by atoms with E-state index in [1.165, 1.54) is 16.8 Å². The number of ether oxygens (including phenoxy) is 1. The Balaban J connectivity index is 1.49. The number of carbonyl (C=O) groups excluding carboxylic acids is 2. The number of carbonyl (C=O) groups is 2. The van der Waals surface area contributed by atoms with Crippen LogP contribution in [0.25, 0.3) is 16.9 Å². The third-order valence-corrected chi connectivity index (χ3v) is 6.31. The zero-order chi connectivity index (χ0) is 25.3. The van der Waals surface area contributed by atoms with E-state index in [0.29, 0.717) is 41.0 Å². The Bertz CT molecular complexity index is 1440. The number of pyridine rings is 1. The third-order valence-electron chi connectivity index (χ3n) is 5.68. The molecule has 182 valence electrons. The molecule has 8 nitrogen and oxygen atoms in total. The Morgan fingerprint density at radius 2 is 1.72 bits per heavy atom. The largest absolute Gasteiger partial charge is 0.376 e. The number of benzene rings is 2. The highest BCUT2D eigenvalue weighted by Gasteiger charge is 2.35. The van der Waals surface area contributed by atoms with Crippen molar-refractivity contribution in [2.24, 2.45) is 0 Å². The summed E-state index contributed by atoms with van der Waals surface area (Å²) >= 11 is 12.8. The van der Waals surface area contributed by atoms with E-state index >= 15 is 0 Å². The van der Waals surface area contributed by atoms with Crippen molar-refractivity contribution in [2.45, 2.75) is 12.5 Å². The van der Waals surface area contributed by atoms with E-state index < -0.39 is 11.4 Å². The second kappa shape index (κ2) is 9.73. The van der Waals surface area contributed by atoms with Gasteiger partial charge in [-0.1, -0.05) is 47.5 Å². The van der Waals surface area contributed by atoms with E-state index in [2.05, 4.69) is 20.7 Å². The molecule has 0 bridgehead atoms. The maximum absolute atomic E-state index is 13.4. The van der Waals surface area contributed by atoms with Crippen LogP contribution in [0.15, 0.2) is 72.9 Å². The van der Waals surface area contributed by atoms with Crippen LogP contribution >= 0.6 is 23.2 Å². The molecule has 5 rings (SSSR count). The summed E-state index contributed by atoms with van der Waals surface area (Å²) in [5.74, 6) is -0.554. The molecule has 2 N–H and O–H groups in total. The van der Waals surface area contributed by atoms with Gasteiger partial charge in [0.25, 0.3) is 11.8 Å². The first-order valence-electron chi connectivity index (χ1n) is 11.1. The first kappa shape index (κ1) is 24.0. The zero-order valence-electron chi connectivity index (χ0n) is 19.2. The Morgan fingerprint density at radius 3 is 2.39 bits per heavy atom. The number of halogens is 2. The molecule has 1 aliphatic heterocycles. The first-order valence-corrected chi connectivity index (χ1v) is 11.9. The Morgan fingerprint density at radius 1 is 0.972 bits per heavy atom. The number of nitrogens with one attached hydrogen (secondary N) is 2. The summed E-state index contributed by atoms with van der Waals surface area (Å²) in [6.45, 7) is 2.75. The van der Waals surface area contributed by atoms with Crippen molar-refractivity contribution in [1.29, 1.82) is 0 Å². The number of hydrogen-bond donors (Lipinski definition) is 2. The molecule has 0 saturated carbocycles. The normalized spacial score (nSPS) is 14.1. The summed E-state index contributed by atoms with van der Waals surface area (Å²) in [5, 5.41) is 10.8. The standard InChI is InChI=1S/C26H21Cl2N5O3/c1-26(14-36-15-26)31-25(35)22-13-23(33(32-22)16-7-3-2-4-8-16)30-24(34)18-11-17(19(27)12-20(18)28)21-9-5-6-10-29-21/h2-13H,14-15H2,1H3,(H,30,34)(H,31,35). The van der Waals surface area contributed by atoms with Crippen molar-refractivity contribution >= 4 is 40.8 Å². The Kier molecular flexibility index (Phi) is 6.49. The molecular weight excluding hydrogens is 501 g/mol. The van der Waals surface area contributed by atoms with Gasteiger partial charge in [0.1, 0.15) is 5.82 Å². The minimum atomic E-state index is -0.489. The highest BCUT2D eigenvalue weighted by Crippen LogP contribution is 2.32. The maximum Gasteiger partial charge on any atom is 0.272 e. The van der Waals surface area contributed by atoms with Gasteiger partial charge in [-0.05, 0) is 43.3 Å². The number of para-hydroxylation sites is 1. The summed E-state index contributed by atoms with van der Waals surface area (Å²) < 4.78 is 6.71. The number of aromatic nitrogens is 3. The van der Waals surface area contributed by atoms with Crippen molar-refractivity contribution in [2.75, 3.05) is 18.5 Å². The van der Waals surface area contributed by atoms with E-state index in [9.17, 15) is 9.59 Å². The Hall–Kier alpha value is -3.72. The van der Waals surface area contributed by atoms with Crippen LogP contribution in [0.2, 0.25) is 10.0 Å². The van der Waals surface area contributed by atoms with Crippen molar-refractivity contribution in [3.63, 3.8) is 0 Å². The molecule has 2 aromatic carbocycles. The molecule has 0 unspecified atom stereocenters. The maximum atomic E-state index is 13.4. The van der Waals surface area contributed by atoms with E-state index in [1.54, 1.807) is 24.4 Å². The summed E-state index contributed by atoms with van der Waals surface area (Å²) in [6, 6.07) is 19.2. The number of nitrogens with zero attached hydrogens (tertiary/aromatic N) is 3. The average molecular weight is 522 g/mol. The molecule has 0 atom stereocenters. The van der Waals surface area contributed by atoms with Gasteiger partial charge in [-0.2, -0.15) is 5.10 Å². The fourth-order valence-corrected chi connectivity index (χ4v) is 4.36. The van der Waals surface area contributed by atoms with Crippen LogP contribution in [0.4, 0.5) is 5.82 Å². The molecule has 0 spiro atoms. The SMILES string of the molecule is CC1(NC(=O)c2cc(NC(=O)c3cc(-c4ccccn4)c(Cl)cc3Cl)n(-c3ccccc3)n2)COC1. The number of anilines is 1. The predicted octanol–water partition coefficient (Wildman–Crippen LogP) is 5.01. The molecule has 36 heavy (non-hydrogen) atoms. The van der Waals surface area contributed by atoms with Gasteiger partial charge in [-0.3, -0.25) is 14.6 Å². The topological polar surface area (TPSA) is 98.1 Å². The van der Waals surface area contributed by atoms with Crippen LogP contribution in [0, 0.1) is 0 Å². The van der Waals surface area contributed by atoms with Crippen LogP contribution < -0.4 is 10.6 Å². The van der Waals surface area contributed by atoms with Gasteiger partial charge in [0, 0.05) is 17.8 Å². The number of amides is 2. The average Bonchev–Trinajstić information content (AvgIpc) is 3.28. The van der Waals surface area contributed by atoms with Crippen molar-refractivity contribution in [3.8, 4) is 16.9 Å². The summed E-state index contributed by atoms with van der Waals surface area (Å²) in [5.41, 5.74) is 1.75. The molecule has 2 aromatic heterocycles. The van der Waals surface area contributed by atoms with Crippen molar-refractivity contribution in [1.82, 2.24) is 20.1 Å². The lowest BCUT2D eigenvalue weighted by Crippen LogP contribution is -2.59. The fraction of sp³-hybridized carbons (Fsp3) is 0.154. The van der Waals surface area contributed by atoms with Gasteiger partial charge in [0.05, 0.1) is 45.7 Å². The van der Waals surface area contributed by atoms with E-state index in [0.717, 1.165) is 0 Å². The van der Waals surface area contributed by atoms with Crippen LogP contribution in [0.1, 0.15) is 27.8 Å². The summed E-state index contributed by atoms with van der Waals surface area (Å²) in [4.78, 5) is 30.6. The van der Waals surface area contributed by atoms with E-state index in [4.69, 9.17) is 27.9 Å². The smallest absolute Gasteiger partial charge is 0.272 e. The van der Waals surface area contributed by atoms with Gasteiger partial charge in [-0.15, -0.1) is 0 Å².